The number of piperazine rings is 1. The lowest BCUT2D eigenvalue weighted by Gasteiger charge is -2.37. The second kappa shape index (κ2) is 8.72. The molecule has 0 spiro atoms. The van der Waals surface area contributed by atoms with Crippen LogP contribution in [0.15, 0.2) is 16.5 Å². The fourth-order valence-corrected chi connectivity index (χ4v) is 3.54. The summed E-state index contributed by atoms with van der Waals surface area (Å²) in [6.07, 6.45) is 4.91. The fourth-order valence-electron chi connectivity index (χ4n) is 3.54. The molecule has 1 N–H and O–H groups in total. The van der Waals surface area contributed by atoms with Crippen molar-refractivity contribution in [2.75, 3.05) is 26.2 Å². The van der Waals surface area contributed by atoms with Crippen molar-refractivity contribution in [3.05, 3.63) is 28.0 Å². The molecule has 1 aromatic rings. The molecule has 8 heteroatoms. The molecule has 2 aliphatic rings. The number of nitro groups is 1. The number of furan rings is 1. The lowest BCUT2D eigenvalue weighted by atomic mass is 9.94. The largest absolute Gasteiger partial charge is 0.433 e. The summed E-state index contributed by atoms with van der Waals surface area (Å²) in [7, 11) is 0. The van der Waals surface area contributed by atoms with Crippen LogP contribution in [0.1, 0.15) is 37.5 Å². The number of nitrogens with one attached hydrogen (secondary N) is 1. The summed E-state index contributed by atoms with van der Waals surface area (Å²) in [4.78, 5) is 12.8. The van der Waals surface area contributed by atoms with Crippen molar-refractivity contribution in [3.8, 4) is 0 Å². The van der Waals surface area contributed by atoms with Crippen LogP contribution in [0.25, 0.3) is 0 Å². The Morgan fingerprint density at radius 2 is 1.86 bits per heavy atom. The second-order valence-corrected chi connectivity index (χ2v) is 5.71. The Kier molecular flexibility index (Phi) is 7.62. The van der Waals surface area contributed by atoms with Crippen molar-refractivity contribution in [1.29, 1.82) is 0 Å². The lowest BCUT2D eigenvalue weighted by Crippen LogP contribution is -2.46. The van der Waals surface area contributed by atoms with E-state index in [-0.39, 0.29) is 36.7 Å². The molecule has 1 aliphatic heterocycles. The Bertz CT molecular complexity index is 472. The first-order valence-electron chi connectivity index (χ1n) is 7.44. The van der Waals surface area contributed by atoms with Gasteiger partial charge in [0.15, 0.2) is 0 Å². The van der Waals surface area contributed by atoms with E-state index in [4.69, 9.17) is 4.42 Å². The van der Waals surface area contributed by atoms with Crippen molar-refractivity contribution >= 4 is 30.7 Å². The third-order valence-corrected chi connectivity index (χ3v) is 4.48. The molecule has 1 aliphatic carbocycles. The van der Waals surface area contributed by atoms with Gasteiger partial charge in [0.05, 0.1) is 12.1 Å². The highest BCUT2D eigenvalue weighted by atomic mass is 35.5. The molecular weight excluding hydrogens is 329 g/mol. The predicted molar refractivity (Wildman–Crippen MR) is 89.0 cm³/mol. The summed E-state index contributed by atoms with van der Waals surface area (Å²) in [5, 5.41) is 14.2. The van der Waals surface area contributed by atoms with Gasteiger partial charge in [0.25, 0.3) is 0 Å². The van der Waals surface area contributed by atoms with Crippen LogP contribution in [0.3, 0.4) is 0 Å². The van der Waals surface area contributed by atoms with Crippen LogP contribution in [0, 0.1) is 16.0 Å². The smallest absolute Gasteiger partial charge is 0.404 e. The number of nitrogens with zero attached hydrogens (tertiary/aromatic N) is 2. The van der Waals surface area contributed by atoms with Gasteiger partial charge in [0.1, 0.15) is 10.7 Å². The van der Waals surface area contributed by atoms with Gasteiger partial charge >= 0.3 is 5.88 Å². The van der Waals surface area contributed by atoms with E-state index in [1.54, 1.807) is 6.07 Å². The first-order chi connectivity index (χ1) is 9.75. The van der Waals surface area contributed by atoms with Crippen LogP contribution in [-0.4, -0.2) is 36.0 Å². The van der Waals surface area contributed by atoms with Crippen molar-refractivity contribution in [2.24, 2.45) is 5.92 Å². The Hall–Kier alpha value is -0.820. The second-order valence-electron chi connectivity index (χ2n) is 5.71. The minimum absolute atomic E-state index is 0. The Morgan fingerprint density at radius 1 is 1.23 bits per heavy atom. The highest BCUT2D eigenvalue weighted by Crippen LogP contribution is 2.40. The number of hydrogen-bond donors (Lipinski definition) is 1. The average Bonchev–Trinajstić information content (AvgIpc) is 3.12. The van der Waals surface area contributed by atoms with Gasteiger partial charge in [-0.15, -0.1) is 24.8 Å². The van der Waals surface area contributed by atoms with Crippen molar-refractivity contribution in [1.82, 2.24) is 10.2 Å². The van der Waals surface area contributed by atoms with E-state index in [0.29, 0.717) is 5.92 Å². The van der Waals surface area contributed by atoms with Crippen molar-refractivity contribution in [3.63, 3.8) is 0 Å². The van der Waals surface area contributed by atoms with Crippen LogP contribution >= 0.6 is 24.8 Å². The van der Waals surface area contributed by atoms with E-state index in [9.17, 15) is 10.1 Å². The molecule has 1 saturated heterocycles. The zero-order valence-corrected chi connectivity index (χ0v) is 14.0. The van der Waals surface area contributed by atoms with Gasteiger partial charge in [-0.2, -0.15) is 0 Å². The standard InChI is InChI=1S/C14H21N3O3.2ClH/c18-17(19)13-6-5-12(20-13)14(11-3-1-2-4-11)16-9-7-15-8-10-16;;/h5-6,11,14-15H,1-4,7-10H2;2*1H/t14-;;/m0../s1. The third kappa shape index (κ3) is 4.13. The van der Waals surface area contributed by atoms with Gasteiger partial charge in [-0.3, -0.25) is 15.0 Å². The lowest BCUT2D eigenvalue weighted by molar-refractivity contribution is -0.402. The number of rotatable bonds is 4. The molecule has 0 unspecified atom stereocenters. The van der Waals surface area contributed by atoms with Crippen molar-refractivity contribution < 1.29 is 9.34 Å². The molecule has 1 aromatic heterocycles. The Balaban J connectivity index is 0.00000121. The van der Waals surface area contributed by atoms with E-state index >= 15 is 0 Å². The van der Waals surface area contributed by atoms with Gasteiger partial charge < -0.3 is 9.73 Å². The normalized spacial score (nSPS) is 20.9. The molecule has 0 bridgehead atoms. The maximum Gasteiger partial charge on any atom is 0.433 e. The summed E-state index contributed by atoms with van der Waals surface area (Å²) in [5.41, 5.74) is 0. The molecule has 1 saturated carbocycles. The van der Waals surface area contributed by atoms with Crippen LogP contribution in [0.4, 0.5) is 5.88 Å². The van der Waals surface area contributed by atoms with Crippen LogP contribution in [0.2, 0.25) is 0 Å². The van der Waals surface area contributed by atoms with Crippen LogP contribution in [-0.2, 0) is 0 Å². The summed E-state index contributed by atoms with van der Waals surface area (Å²) in [6, 6.07) is 3.48. The molecule has 0 aromatic carbocycles. The van der Waals surface area contributed by atoms with E-state index < -0.39 is 4.92 Å². The predicted octanol–water partition coefficient (Wildman–Crippen LogP) is 3.17. The zero-order valence-electron chi connectivity index (χ0n) is 12.4. The van der Waals surface area contributed by atoms with Gasteiger partial charge in [-0.05, 0) is 24.8 Å². The molecule has 126 valence electrons. The van der Waals surface area contributed by atoms with E-state index in [1.807, 2.05) is 0 Å². The van der Waals surface area contributed by atoms with Crippen LogP contribution < -0.4 is 5.32 Å². The molecule has 2 fully saturated rings. The molecule has 22 heavy (non-hydrogen) atoms. The topological polar surface area (TPSA) is 71.6 Å². The summed E-state index contributed by atoms with van der Waals surface area (Å²) in [6.45, 7) is 3.92. The molecule has 2 heterocycles. The molecule has 6 nitrogen and oxygen atoms in total. The molecule has 0 amide bonds. The highest BCUT2D eigenvalue weighted by Gasteiger charge is 2.34. The maximum atomic E-state index is 10.8. The van der Waals surface area contributed by atoms with Gasteiger partial charge in [0, 0.05) is 26.2 Å². The van der Waals surface area contributed by atoms with Gasteiger partial charge in [-0.25, -0.2) is 0 Å². The number of halogens is 2. The summed E-state index contributed by atoms with van der Waals surface area (Å²) in [5.74, 6) is 1.20. The fraction of sp³-hybridized carbons (Fsp3) is 0.714. The first kappa shape index (κ1) is 19.2. The third-order valence-electron chi connectivity index (χ3n) is 4.48. The monoisotopic (exact) mass is 351 g/mol. The van der Waals surface area contributed by atoms with Crippen molar-refractivity contribution in [2.45, 2.75) is 31.7 Å². The quantitative estimate of drug-likeness (QED) is 0.666. The molecular formula is C14H23Cl2N3O3. The maximum absolute atomic E-state index is 10.8. The van der Waals surface area contributed by atoms with Gasteiger partial charge in [-0.1, -0.05) is 12.8 Å². The average molecular weight is 352 g/mol. The highest BCUT2D eigenvalue weighted by molar-refractivity contribution is 5.85. The van der Waals surface area contributed by atoms with Crippen LogP contribution in [0.5, 0.6) is 0 Å². The minimum atomic E-state index is -0.451. The summed E-state index contributed by atoms with van der Waals surface area (Å²) >= 11 is 0. The summed E-state index contributed by atoms with van der Waals surface area (Å²) < 4.78 is 5.51. The van der Waals surface area contributed by atoms with E-state index in [0.717, 1.165) is 31.9 Å². The van der Waals surface area contributed by atoms with Gasteiger partial charge in [0.2, 0.25) is 0 Å². The minimum Gasteiger partial charge on any atom is -0.404 e. The van der Waals surface area contributed by atoms with E-state index in [1.165, 1.54) is 31.7 Å². The Labute approximate surface area is 142 Å². The molecule has 0 radical (unpaired) electrons. The SMILES string of the molecule is Cl.Cl.O=[N+]([O-])c1ccc([C@H](C2CCCC2)N2CCNCC2)o1. The molecule has 1 atom stereocenters. The first-order valence-corrected chi connectivity index (χ1v) is 7.44. The van der Waals surface area contributed by atoms with E-state index in [2.05, 4.69) is 10.2 Å². The number of hydrogen-bond acceptors (Lipinski definition) is 5. The zero-order chi connectivity index (χ0) is 13.9. The Morgan fingerprint density at radius 3 is 2.41 bits per heavy atom. The molecule has 3 rings (SSSR count).